The molecule has 6 nitrogen and oxygen atoms in total. The van der Waals surface area contributed by atoms with E-state index < -0.39 is 0 Å². The van der Waals surface area contributed by atoms with E-state index in [1.807, 2.05) is 54.3 Å². The second kappa shape index (κ2) is 8.39. The highest BCUT2D eigenvalue weighted by Crippen LogP contribution is 2.08. The average Bonchev–Trinajstić information content (AvgIpc) is 3.04. The molecule has 1 aliphatic rings. The summed E-state index contributed by atoms with van der Waals surface area (Å²) in [6.07, 6.45) is 1.62. The molecule has 1 atom stereocenters. The van der Waals surface area contributed by atoms with Gasteiger partial charge in [0.25, 0.3) is 0 Å². The fourth-order valence-corrected chi connectivity index (χ4v) is 3.01. The number of aliphatic hydroxyl groups excluding tert-OH is 1. The number of rotatable bonds is 7. The van der Waals surface area contributed by atoms with E-state index in [9.17, 15) is 5.11 Å². The number of likely N-dealkylation sites (N-methyl/N-ethyl adjacent to an activating group) is 1. The lowest BCUT2D eigenvalue weighted by molar-refractivity contribution is 0.00818. The highest BCUT2D eigenvalue weighted by molar-refractivity contribution is 5.30. The van der Waals surface area contributed by atoms with Gasteiger partial charge >= 0.3 is 0 Å². The van der Waals surface area contributed by atoms with Crippen molar-refractivity contribution < 1.29 is 9.84 Å². The monoisotopic (exact) mass is 330 g/mol. The van der Waals surface area contributed by atoms with Crippen LogP contribution >= 0.6 is 0 Å². The standard InChI is InChI=1S/C18H26N4O2/c1-20(14-18(23)15-21-9-11-24-12-10-21)13-16-7-8-22(19-16)17-5-3-2-4-6-17/h2-8,18,23H,9-15H2,1H3/t18-/m1/s1. The van der Waals surface area contributed by atoms with E-state index in [1.165, 1.54) is 0 Å². The maximum Gasteiger partial charge on any atom is 0.0793 e. The summed E-state index contributed by atoms with van der Waals surface area (Å²) in [6.45, 7) is 5.39. The maximum atomic E-state index is 10.3. The minimum atomic E-state index is -0.357. The van der Waals surface area contributed by atoms with Crippen molar-refractivity contribution in [2.45, 2.75) is 12.6 Å². The Labute approximate surface area is 143 Å². The van der Waals surface area contributed by atoms with Crippen LogP contribution in [0.15, 0.2) is 42.6 Å². The lowest BCUT2D eigenvalue weighted by Crippen LogP contribution is -2.44. The number of morpholine rings is 1. The van der Waals surface area contributed by atoms with E-state index >= 15 is 0 Å². The molecule has 0 saturated carbocycles. The Morgan fingerprint density at radius 2 is 1.96 bits per heavy atom. The fraction of sp³-hybridized carbons (Fsp3) is 0.500. The quantitative estimate of drug-likeness (QED) is 0.821. The van der Waals surface area contributed by atoms with Gasteiger partial charge in [-0.05, 0) is 25.2 Å². The zero-order chi connectivity index (χ0) is 16.8. The van der Waals surface area contributed by atoms with Crippen molar-refractivity contribution in [2.75, 3.05) is 46.4 Å². The summed E-state index contributed by atoms with van der Waals surface area (Å²) in [5, 5.41) is 14.9. The summed E-state index contributed by atoms with van der Waals surface area (Å²) < 4.78 is 7.22. The molecule has 1 aromatic heterocycles. The predicted molar refractivity (Wildman–Crippen MR) is 93.2 cm³/mol. The van der Waals surface area contributed by atoms with Gasteiger partial charge in [-0.3, -0.25) is 9.80 Å². The van der Waals surface area contributed by atoms with E-state index in [1.54, 1.807) is 0 Å². The van der Waals surface area contributed by atoms with Gasteiger partial charge in [-0.15, -0.1) is 0 Å². The molecule has 0 unspecified atom stereocenters. The summed E-state index contributed by atoms with van der Waals surface area (Å²) in [5.41, 5.74) is 2.05. The van der Waals surface area contributed by atoms with Crippen LogP contribution in [-0.2, 0) is 11.3 Å². The third kappa shape index (κ3) is 4.88. The lowest BCUT2D eigenvalue weighted by Gasteiger charge is -2.29. The molecule has 2 heterocycles. The second-order valence-electron chi connectivity index (χ2n) is 6.35. The van der Waals surface area contributed by atoms with Crippen molar-refractivity contribution in [1.29, 1.82) is 0 Å². The average molecular weight is 330 g/mol. The minimum absolute atomic E-state index is 0.357. The Balaban J connectivity index is 1.48. The molecule has 2 aromatic rings. The van der Waals surface area contributed by atoms with Crippen molar-refractivity contribution in [3.8, 4) is 5.69 Å². The molecule has 24 heavy (non-hydrogen) atoms. The van der Waals surface area contributed by atoms with Crippen molar-refractivity contribution >= 4 is 0 Å². The highest BCUT2D eigenvalue weighted by atomic mass is 16.5. The number of para-hydroxylation sites is 1. The molecular formula is C18H26N4O2. The number of ether oxygens (including phenoxy) is 1. The molecule has 0 aliphatic carbocycles. The van der Waals surface area contributed by atoms with Crippen molar-refractivity contribution in [2.24, 2.45) is 0 Å². The summed E-state index contributed by atoms with van der Waals surface area (Å²) >= 11 is 0. The number of hydrogen-bond acceptors (Lipinski definition) is 5. The van der Waals surface area contributed by atoms with Gasteiger partial charge in [0.2, 0.25) is 0 Å². The summed E-state index contributed by atoms with van der Waals surface area (Å²) in [4.78, 5) is 4.37. The number of aromatic nitrogens is 2. The molecule has 6 heteroatoms. The SMILES string of the molecule is CN(Cc1ccn(-c2ccccc2)n1)C[C@@H](O)CN1CCOCC1. The predicted octanol–water partition coefficient (Wildman–Crippen LogP) is 0.997. The molecule has 0 radical (unpaired) electrons. The Kier molecular flexibility index (Phi) is 5.98. The molecule has 1 N–H and O–H groups in total. The normalized spacial score (nSPS) is 17.3. The molecule has 130 valence electrons. The van der Waals surface area contributed by atoms with Crippen LogP contribution in [0.25, 0.3) is 5.69 Å². The van der Waals surface area contributed by atoms with Gasteiger partial charge in [0, 0.05) is 38.9 Å². The number of β-amino-alcohol motifs (C(OH)–C–C–N with tert-alkyl or cyclic N) is 1. The van der Waals surface area contributed by atoms with E-state index in [4.69, 9.17) is 4.74 Å². The van der Waals surface area contributed by atoms with Gasteiger partial charge in [0.15, 0.2) is 0 Å². The highest BCUT2D eigenvalue weighted by Gasteiger charge is 2.16. The molecule has 1 saturated heterocycles. The minimum Gasteiger partial charge on any atom is -0.390 e. The summed E-state index contributed by atoms with van der Waals surface area (Å²) in [5.74, 6) is 0. The second-order valence-corrected chi connectivity index (χ2v) is 6.35. The molecule has 3 rings (SSSR count). The van der Waals surface area contributed by atoms with Crippen LogP contribution in [0, 0.1) is 0 Å². The van der Waals surface area contributed by atoms with Crippen LogP contribution < -0.4 is 0 Å². The van der Waals surface area contributed by atoms with Crippen LogP contribution in [-0.4, -0.2) is 77.2 Å². The van der Waals surface area contributed by atoms with Crippen LogP contribution in [0.4, 0.5) is 0 Å². The molecule has 0 spiro atoms. The smallest absolute Gasteiger partial charge is 0.0793 e. The number of hydrogen-bond donors (Lipinski definition) is 1. The first-order valence-corrected chi connectivity index (χ1v) is 8.47. The third-order valence-electron chi connectivity index (χ3n) is 4.19. The van der Waals surface area contributed by atoms with E-state index in [0.717, 1.165) is 44.2 Å². The van der Waals surface area contributed by atoms with E-state index in [0.29, 0.717) is 13.1 Å². The van der Waals surface area contributed by atoms with Crippen LogP contribution in [0.3, 0.4) is 0 Å². The Bertz CT molecular complexity index is 610. The van der Waals surface area contributed by atoms with Gasteiger partial charge in [0.05, 0.1) is 30.7 Å². The van der Waals surface area contributed by atoms with E-state index in [-0.39, 0.29) is 6.10 Å². The number of nitrogens with zero attached hydrogens (tertiary/aromatic N) is 4. The first kappa shape index (κ1) is 17.1. The Morgan fingerprint density at radius 1 is 1.21 bits per heavy atom. The van der Waals surface area contributed by atoms with Gasteiger partial charge < -0.3 is 9.84 Å². The van der Waals surface area contributed by atoms with E-state index in [2.05, 4.69) is 14.9 Å². The molecule has 0 bridgehead atoms. The number of benzene rings is 1. The molecule has 1 fully saturated rings. The van der Waals surface area contributed by atoms with Crippen LogP contribution in [0.5, 0.6) is 0 Å². The topological polar surface area (TPSA) is 53.8 Å². The van der Waals surface area contributed by atoms with Gasteiger partial charge in [-0.1, -0.05) is 18.2 Å². The largest absolute Gasteiger partial charge is 0.390 e. The maximum absolute atomic E-state index is 10.3. The number of aliphatic hydroxyl groups is 1. The fourth-order valence-electron chi connectivity index (χ4n) is 3.01. The lowest BCUT2D eigenvalue weighted by atomic mass is 10.2. The van der Waals surface area contributed by atoms with Crippen LogP contribution in [0.1, 0.15) is 5.69 Å². The molecule has 0 amide bonds. The summed E-state index contributed by atoms with van der Waals surface area (Å²) in [6, 6.07) is 12.1. The molecule has 1 aromatic carbocycles. The Hall–Kier alpha value is -1.73. The first-order valence-electron chi connectivity index (χ1n) is 8.47. The third-order valence-corrected chi connectivity index (χ3v) is 4.19. The van der Waals surface area contributed by atoms with Crippen molar-refractivity contribution in [3.05, 3.63) is 48.3 Å². The molecule has 1 aliphatic heterocycles. The van der Waals surface area contributed by atoms with Gasteiger partial charge in [0.1, 0.15) is 0 Å². The zero-order valence-corrected chi connectivity index (χ0v) is 14.2. The summed E-state index contributed by atoms with van der Waals surface area (Å²) in [7, 11) is 2.02. The van der Waals surface area contributed by atoms with Crippen molar-refractivity contribution in [1.82, 2.24) is 19.6 Å². The van der Waals surface area contributed by atoms with Gasteiger partial charge in [-0.2, -0.15) is 5.10 Å². The zero-order valence-electron chi connectivity index (χ0n) is 14.2. The molecular weight excluding hydrogens is 304 g/mol. The van der Waals surface area contributed by atoms with Crippen LogP contribution in [0.2, 0.25) is 0 Å². The first-order chi connectivity index (χ1) is 11.7. The van der Waals surface area contributed by atoms with Gasteiger partial charge in [-0.25, -0.2) is 4.68 Å². The Morgan fingerprint density at radius 3 is 2.71 bits per heavy atom. The van der Waals surface area contributed by atoms with Crippen molar-refractivity contribution in [3.63, 3.8) is 0 Å².